The van der Waals surface area contributed by atoms with E-state index in [2.05, 4.69) is 5.32 Å². The minimum absolute atomic E-state index is 0.130. The summed E-state index contributed by atoms with van der Waals surface area (Å²) in [6.07, 6.45) is 4.88. The van der Waals surface area contributed by atoms with Gasteiger partial charge in [0, 0.05) is 25.3 Å². The number of anilines is 2. The number of hydrogen-bond acceptors (Lipinski definition) is 3. The second-order valence-electron chi connectivity index (χ2n) is 5.36. The largest absolute Gasteiger partial charge is 0.399 e. The molecule has 6 heteroatoms. The summed E-state index contributed by atoms with van der Waals surface area (Å²) in [5.74, 6) is 0.748. The van der Waals surface area contributed by atoms with Crippen LogP contribution in [0.25, 0.3) is 0 Å². The van der Waals surface area contributed by atoms with Gasteiger partial charge in [-0.25, -0.2) is 0 Å². The van der Waals surface area contributed by atoms with Gasteiger partial charge in [0.15, 0.2) is 0 Å². The highest BCUT2D eigenvalue weighted by Crippen LogP contribution is 2.33. The van der Waals surface area contributed by atoms with E-state index in [0.717, 1.165) is 18.9 Å². The van der Waals surface area contributed by atoms with Crippen molar-refractivity contribution in [1.29, 1.82) is 0 Å². The molecule has 0 aliphatic heterocycles. The molecule has 0 heterocycles. The van der Waals surface area contributed by atoms with Crippen LogP contribution in [0.4, 0.5) is 11.4 Å². The highest BCUT2D eigenvalue weighted by molar-refractivity contribution is 6.40. The summed E-state index contributed by atoms with van der Waals surface area (Å²) in [5.41, 5.74) is 6.49. The number of carbonyl (C=O) groups is 1. The second kappa shape index (κ2) is 7.87. The average molecular weight is 331 g/mol. The van der Waals surface area contributed by atoms with Crippen LogP contribution < -0.4 is 11.1 Å². The Hall–Kier alpha value is -0.970. The van der Waals surface area contributed by atoms with Crippen molar-refractivity contribution < 1.29 is 9.53 Å². The number of benzene rings is 1. The summed E-state index contributed by atoms with van der Waals surface area (Å²) >= 11 is 12.0. The van der Waals surface area contributed by atoms with Crippen LogP contribution in [0.15, 0.2) is 12.1 Å². The van der Waals surface area contributed by atoms with Crippen LogP contribution in [-0.2, 0) is 9.53 Å². The van der Waals surface area contributed by atoms with E-state index in [-0.39, 0.29) is 5.91 Å². The van der Waals surface area contributed by atoms with E-state index in [1.54, 1.807) is 12.1 Å². The van der Waals surface area contributed by atoms with Gasteiger partial charge in [0.2, 0.25) is 5.91 Å². The van der Waals surface area contributed by atoms with E-state index in [1.165, 1.54) is 12.8 Å². The van der Waals surface area contributed by atoms with Crippen LogP contribution in [0.3, 0.4) is 0 Å². The van der Waals surface area contributed by atoms with Gasteiger partial charge in [-0.15, -0.1) is 0 Å². The zero-order valence-electron chi connectivity index (χ0n) is 11.8. The predicted molar refractivity (Wildman–Crippen MR) is 86.9 cm³/mol. The lowest BCUT2D eigenvalue weighted by atomic mass is 10.2. The second-order valence-corrected chi connectivity index (χ2v) is 6.17. The number of ether oxygens (including phenoxy) is 1. The standard InChI is InChI=1S/C15H20Cl2N2O2/c16-12-8-11(18)9-13(17)15(12)19-14(20)2-1-6-21-7-5-10-3-4-10/h8-10H,1-7,18H2,(H,19,20). The van der Waals surface area contributed by atoms with Gasteiger partial charge in [-0.3, -0.25) is 4.79 Å². The molecule has 1 aromatic rings. The van der Waals surface area contributed by atoms with Crippen molar-refractivity contribution in [3.05, 3.63) is 22.2 Å². The molecule has 4 nitrogen and oxygen atoms in total. The number of carbonyl (C=O) groups excluding carboxylic acids is 1. The lowest BCUT2D eigenvalue weighted by molar-refractivity contribution is -0.116. The first-order valence-electron chi connectivity index (χ1n) is 7.18. The molecule has 0 aromatic heterocycles. The first kappa shape index (κ1) is 16.4. The summed E-state index contributed by atoms with van der Waals surface area (Å²) in [7, 11) is 0. The van der Waals surface area contributed by atoms with Gasteiger partial charge in [-0.05, 0) is 30.9 Å². The Bertz CT molecular complexity index is 481. The summed E-state index contributed by atoms with van der Waals surface area (Å²) in [5, 5.41) is 3.39. The molecule has 0 radical (unpaired) electrons. The number of rotatable bonds is 8. The molecule has 0 saturated heterocycles. The molecule has 0 spiro atoms. The van der Waals surface area contributed by atoms with Gasteiger partial charge in [-0.1, -0.05) is 36.0 Å². The fourth-order valence-electron chi connectivity index (χ4n) is 2.01. The molecule has 1 amide bonds. The topological polar surface area (TPSA) is 64.3 Å². The van der Waals surface area contributed by atoms with Crippen LogP contribution in [0.5, 0.6) is 0 Å². The zero-order valence-corrected chi connectivity index (χ0v) is 13.3. The van der Waals surface area contributed by atoms with Crippen LogP contribution in [0, 0.1) is 5.92 Å². The van der Waals surface area contributed by atoms with Crippen LogP contribution >= 0.6 is 23.2 Å². The molecule has 1 aliphatic rings. The third-order valence-electron chi connectivity index (χ3n) is 3.39. The maximum absolute atomic E-state index is 11.8. The molecule has 0 atom stereocenters. The highest BCUT2D eigenvalue weighted by Gasteiger charge is 2.20. The van der Waals surface area contributed by atoms with Crippen LogP contribution in [0.1, 0.15) is 32.1 Å². The van der Waals surface area contributed by atoms with Gasteiger partial charge in [0.25, 0.3) is 0 Å². The quantitative estimate of drug-likeness (QED) is 0.556. The molecule has 0 unspecified atom stereocenters. The molecule has 1 fully saturated rings. The Labute approximate surface area is 134 Å². The first-order chi connectivity index (χ1) is 10.1. The maximum Gasteiger partial charge on any atom is 0.224 e. The van der Waals surface area contributed by atoms with E-state index in [9.17, 15) is 4.79 Å². The van der Waals surface area contributed by atoms with Crippen molar-refractivity contribution in [1.82, 2.24) is 0 Å². The Kier molecular flexibility index (Phi) is 6.15. The summed E-state index contributed by atoms with van der Waals surface area (Å²) in [4.78, 5) is 11.8. The Morgan fingerprint density at radius 2 is 1.95 bits per heavy atom. The molecule has 116 valence electrons. The third kappa shape index (κ3) is 5.73. The highest BCUT2D eigenvalue weighted by atomic mass is 35.5. The summed E-state index contributed by atoms with van der Waals surface area (Å²) in [6, 6.07) is 3.12. The normalized spacial score (nSPS) is 14.2. The van der Waals surface area contributed by atoms with Gasteiger partial charge in [0.05, 0.1) is 15.7 Å². The fourth-order valence-corrected chi connectivity index (χ4v) is 2.61. The number of nitrogens with one attached hydrogen (secondary N) is 1. The third-order valence-corrected chi connectivity index (χ3v) is 3.98. The molecule has 21 heavy (non-hydrogen) atoms. The van der Waals surface area contributed by atoms with Crippen molar-refractivity contribution in [3.8, 4) is 0 Å². The van der Waals surface area contributed by atoms with Crippen molar-refractivity contribution in [2.45, 2.75) is 32.1 Å². The smallest absolute Gasteiger partial charge is 0.224 e. The monoisotopic (exact) mass is 330 g/mol. The van der Waals surface area contributed by atoms with Gasteiger partial charge in [-0.2, -0.15) is 0 Å². The number of amides is 1. The van der Waals surface area contributed by atoms with Crippen molar-refractivity contribution in [2.75, 3.05) is 24.3 Å². The Balaban J connectivity index is 1.66. The minimum Gasteiger partial charge on any atom is -0.399 e. The molecule has 2 rings (SSSR count). The van der Waals surface area contributed by atoms with Crippen LogP contribution in [-0.4, -0.2) is 19.1 Å². The number of hydrogen-bond donors (Lipinski definition) is 2. The lowest BCUT2D eigenvalue weighted by Gasteiger charge is -2.10. The molecular weight excluding hydrogens is 311 g/mol. The molecular formula is C15H20Cl2N2O2. The Morgan fingerprint density at radius 1 is 1.29 bits per heavy atom. The molecule has 0 bridgehead atoms. The van der Waals surface area contributed by atoms with Crippen LogP contribution in [0.2, 0.25) is 10.0 Å². The summed E-state index contributed by atoms with van der Waals surface area (Å²) in [6.45, 7) is 1.39. The van der Waals surface area contributed by atoms with Gasteiger partial charge in [0.1, 0.15) is 0 Å². The van der Waals surface area contributed by atoms with Crippen molar-refractivity contribution >= 4 is 40.5 Å². The number of nitrogens with two attached hydrogens (primary N) is 1. The van der Waals surface area contributed by atoms with E-state index < -0.39 is 0 Å². The van der Waals surface area contributed by atoms with Gasteiger partial charge >= 0.3 is 0 Å². The van der Waals surface area contributed by atoms with E-state index >= 15 is 0 Å². The number of halogens is 2. The summed E-state index contributed by atoms with van der Waals surface area (Å²) < 4.78 is 5.50. The number of nitrogen functional groups attached to an aromatic ring is 1. The first-order valence-corrected chi connectivity index (χ1v) is 7.94. The molecule has 1 saturated carbocycles. The van der Waals surface area contributed by atoms with Crippen molar-refractivity contribution in [3.63, 3.8) is 0 Å². The zero-order chi connectivity index (χ0) is 15.2. The molecule has 1 aliphatic carbocycles. The van der Waals surface area contributed by atoms with E-state index in [0.29, 0.717) is 40.9 Å². The maximum atomic E-state index is 11.8. The predicted octanol–water partition coefficient (Wildman–Crippen LogP) is 4.11. The lowest BCUT2D eigenvalue weighted by Crippen LogP contribution is -2.13. The Morgan fingerprint density at radius 3 is 2.57 bits per heavy atom. The van der Waals surface area contributed by atoms with E-state index in [1.807, 2.05) is 0 Å². The van der Waals surface area contributed by atoms with E-state index in [4.69, 9.17) is 33.7 Å². The SMILES string of the molecule is Nc1cc(Cl)c(NC(=O)CCCOCCC2CC2)c(Cl)c1. The molecule has 3 N–H and O–H groups in total. The van der Waals surface area contributed by atoms with Crippen molar-refractivity contribution in [2.24, 2.45) is 5.92 Å². The minimum atomic E-state index is -0.130. The molecule has 1 aromatic carbocycles. The van der Waals surface area contributed by atoms with Gasteiger partial charge < -0.3 is 15.8 Å². The fraction of sp³-hybridized carbons (Fsp3) is 0.533. The average Bonchev–Trinajstić information content (AvgIpc) is 3.22.